The van der Waals surface area contributed by atoms with Crippen LogP contribution in [0.2, 0.25) is 0 Å². The number of pyridine rings is 1. The first-order valence-electron chi connectivity index (χ1n) is 12.5. The third-order valence-electron chi connectivity index (χ3n) is 6.88. The molecule has 1 saturated heterocycles. The number of aromatic nitrogens is 5. The second kappa shape index (κ2) is 10.7. The molecule has 13 heteroatoms. The van der Waals surface area contributed by atoms with E-state index < -0.39 is 12.0 Å². The van der Waals surface area contributed by atoms with Gasteiger partial charge in [-0.15, -0.1) is 5.10 Å². The van der Waals surface area contributed by atoms with E-state index in [1.165, 1.54) is 11.8 Å². The van der Waals surface area contributed by atoms with E-state index in [0.717, 1.165) is 11.1 Å². The van der Waals surface area contributed by atoms with Crippen LogP contribution < -0.4 is 10.1 Å². The summed E-state index contributed by atoms with van der Waals surface area (Å²) in [5, 5.41) is 33.7. The highest BCUT2D eigenvalue weighted by molar-refractivity contribution is 6.06. The lowest BCUT2D eigenvalue weighted by Crippen LogP contribution is -2.44. The van der Waals surface area contributed by atoms with Crippen LogP contribution in [0.3, 0.4) is 0 Å². The van der Waals surface area contributed by atoms with Gasteiger partial charge in [0.2, 0.25) is 5.82 Å². The summed E-state index contributed by atoms with van der Waals surface area (Å²) in [5.74, 6) is 0.677. The van der Waals surface area contributed by atoms with Crippen molar-refractivity contribution in [1.29, 1.82) is 0 Å². The number of methoxy groups -OCH3 is 1. The number of rotatable bonds is 6. The number of hydrogen-bond donors (Lipinski definition) is 3. The van der Waals surface area contributed by atoms with Gasteiger partial charge >= 0.3 is 6.03 Å². The fourth-order valence-corrected chi connectivity index (χ4v) is 4.76. The minimum absolute atomic E-state index is 0.104. The lowest BCUT2D eigenvalue weighted by atomic mass is 9.96. The number of nitrogens with zero attached hydrogens (tertiary/aromatic N) is 7. The van der Waals surface area contributed by atoms with Crippen molar-refractivity contribution >= 4 is 17.8 Å². The molecule has 5 rings (SSSR count). The zero-order valence-corrected chi connectivity index (χ0v) is 21.2. The highest BCUT2D eigenvalue weighted by Crippen LogP contribution is 2.30. The summed E-state index contributed by atoms with van der Waals surface area (Å²) in [6, 6.07) is 8.25. The number of β-amino-alcohol motifs (C(OH)–C–C–N with tert-alkyl or cyclic N) is 1. The molecule has 0 radical (unpaired) electrons. The molecule has 4 heterocycles. The average molecular weight is 523 g/mol. The minimum atomic E-state index is -0.478. The number of urea groups is 1. The number of benzene rings is 1. The van der Waals surface area contributed by atoms with Crippen LogP contribution in [-0.2, 0) is 13.0 Å². The third-order valence-corrected chi connectivity index (χ3v) is 6.88. The summed E-state index contributed by atoms with van der Waals surface area (Å²) in [4.78, 5) is 34.2. The normalized spacial score (nSPS) is 17.7. The zero-order chi connectivity index (χ0) is 26.8. The third kappa shape index (κ3) is 5.02. The first-order valence-corrected chi connectivity index (χ1v) is 12.5. The number of likely N-dealkylation sites (tertiary alicyclic amines) is 1. The van der Waals surface area contributed by atoms with Crippen LogP contribution in [0, 0.1) is 0 Å². The molecular formula is C25H30N8O5. The van der Waals surface area contributed by atoms with Crippen LogP contribution in [0.4, 0.5) is 10.6 Å². The number of anilines is 1. The van der Waals surface area contributed by atoms with E-state index in [0.29, 0.717) is 67.7 Å². The van der Waals surface area contributed by atoms with Crippen LogP contribution in [-0.4, -0.2) is 96.6 Å². The van der Waals surface area contributed by atoms with Gasteiger partial charge in [0.15, 0.2) is 0 Å². The van der Waals surface area contributed by atoms with Crippen LogP contribution in [0.1, 0.15) is 40.9 Å². The van der Waals surface area contributed by atoms with Gasteiger partial charge in [0, 0.05) is 26.2 Å². The first-order chi connectivity index (χ1) is 18.4. The van der Waals surface area contributed by atoms with E-state index in [-0.39, 0.29) is 18.7 Å². The standard InChI is InChI=1S/C25H30N8O5/c1-15(14-34)33-23(28-29-30-33)20-4-3-5-22(26-20)27-24(36)19-10-17-12-31(8-6-16(17)11-21(19)38-2)25(37)32-9-7-18(35)13-32/h3-5,10-11,15,18,34-35H,6-9,12-14H2,1-2H3,(H,26,27,36). The SMILES string of the molecule is COc1cc2c(cc1C(=O)Nc1cccc(-c3nnnn3C(C)CO)n1)CN(C(=O)N1CCC(O)C1)CC2. The summed E-state index contributed by atoms with van der Waals surface area (Å²) < 4.78 is 6.99. The molecule has 2 aromatic heterocycles. The van der Waals surface area contributed by atoms with Crippen molar-refractivity contribution in [3.63, 3.8) is 0 Å². The number of aliphatic hydroxyl groups is 2. The number of carbonyl (C=O) groups excluding carboxylic acids is 2. The molecule has 0 saturated carbocycles. The Labute approximate surface area is 219 Å². The number of ether oxygens (including phenoxy) is 1. The predicted molar refractivity (Wildman–Crippen MR) is 135 cm³/mol. The molecule has 1 aromatic carbocycles. The zero-order valence-electron chi connectivity index (χ0n) is 21.2. The second-order valence-electron chi connectivity index (χ2n) is 9.50. The Morgan fingerprint density at radius 3 is 2.79 bits per heavy atom. The number of nitrogens with one attached hydrogen (secondary N) is 1. The molecule has 3 aromatic rings. The summed E-state index contributed by atoms with van der Waals surface area (Å²) in [7, 11) is 1.51. The van der Waals surface area contributed by atoms with Gasteiger partial charge in [0.1, 0.15) is 17.3 Å². The van der Waals surface area contributed by atoms with Gasteiger partial charge in [-0.05, 0) is 65.6 Å². The number of tetrazole rings is 1. The van der Waals surface area contributed by atoms with Crippen LogP contribution in [0.15, 0.2) is 30.3 Å². The maximum absolute atomic E-state index is 13.3. The summed E-state index contributed by atoms with van der Waals surface area (Å²) in [6.45, 7) is 3.43. The molecule has 0 aliphatic carbocycles. The van der Waals surface area contributed by atoms with Crippen molar-refractivity contribution < 1.29 is 24.5 Å². The van der Waals surface area contributed by atoms with E-state index >= 15 is 0 Å². The Kier molecular flexibility index (Phi) is 7.20. The molecule has 2 atom stereocenters. The lowest BCUT2D eigenvalue weighted by molar-refractivity contribution is 0.102. The lowest BCUT2D eigenvalue weighted by Gasteiger charge is -2.32. The van der Waals surface area contributed by atoms with Gasteiger partial charge in [-0.1, -0.05) is 6.07 Å². The van der Waals surface area contributed by atoms with E-state index in [4.69, 9.17) is 4.74 Å². The quantitative estimate of drug-likeness (QED) is 0.431. The smallest absolute Gasteiger partial charge is 0.320 e. The Hall–Kier alpha value is -4.10. The van der Waals surface area contributed by atoms with E-state index in [9.17, 15) is 19.8 Å². The Morgan fingerprint density at radius 2 is 2.05 bits per heavy atom. The number of amides is 3. The van der Waals surface area contributed by atoms with Crippen LogP contribution in [0.5, 0.6) is 5.75 Å². The van der Waals surface area contributed by atoms with E-state index in [1.54, 1.807) is 41.0 Å². The maximum atomic E-state index is 13.3. The monoisotopic (exact) mass is 522 g/mol. The Morgan fingerprint density at radius 1 is 1.21 bits per heavy atom. The summed E-state index contributed by atoms with van der Waals surface area (Å²) in [6.07, 6.45) is 0.746. The van der Waals surface area contributed by atoms with Gasteiger partial charge in [-0.2, -0.15) is 0 Å². The minimum Gasteiger partial charge on any atom is -0.496 e. The van der Waals surface area contributed by atoms with Crippen molar-refractivity contribution in [1.82, 2.24) is 35.0 Å². The van der Waals surface area contributed by atoms with Crippen molar-refractivity contribution in [3.05, 3.63) is 47.0 Å². The summed E-state index contributed by atoms with van der Waals surface area (Å²) in [5.41, 5.74) is 2.65. The molecular weight excluding hydrogens is 492 g/mol. The van der Waals surface area contributed by atoms with Crippen LogP contribution >= 0.6 is 0 Å². The average Bonchev–Trinajstić information content (AvgIpc) is 3.60. The van der Waals surface area contributed by atoms with E-state index in [2.05, 4.69) is 25.8 Å². The second-order valence-corrected chi connectivity index (χ2v) is 9.50. The van der Waals surface area contributed by atoms with Gasteiger partial charge in [-0.3, -0.25) is 4.79 Å². The molecule has 3 amide bonds. The number of fused-ring (bicyclic) bond motifs is 1. The molecule has 2 unspecified atom stereocenters. The fraction of sp³-hybridized carbons (Fsp3) is 0.440. The molecule has 1 fully saturated rings. The number of aliphatic hydroxyl groups excluding tert-OH is 2. The number of carbonyl (C=O) groups is 2. The highest BCUT2D eigenvalue weighted by atomic mass is 16.5. The molecule has 13 nitrogen and oxygen atoms in total. The topological polar surface area (TPSA) is 159 Å². The van der Waals surface area contributed by atoms with E-state index in [1.807, 2.05) is 6.07 Å². The van der Waals surface area contributed by atoms with Crippen LogP contribution in [0.25, 0.3) is 11.5 Å². The Bertz CT molecular complexity index is 1350. The van der Waals surface area contributed by atoms with Gasteiger partial charge in [0.05, 0.1) is 31.4 Å². The molecule has 2 aliphatic rings. The van der Waals surface area contributed by atoms with Crippen molar-refractivity contribution in [2.75, 3.05) is 38.7 Å². The predicted octanol–water partition coefficient (Wildman–Crippen LogP) is 1.09. The van der Waals surface area contributed by atoms with Crippen molar-refractivity contribution in [2.45, 2.75) is 38.5 Å². The molecule has 3 N–H and O–H groups in total. The van der Waals surface area contributed by atoms with Gasteiger partial charge < -0.3 is 30.1 Å². The largest absolute Gasteiger partial charge is 0.496 e. The van der Waals surface area contributed by atoms with Gasteiger partial charge in [-0.25, -0.2) is 14.5 Å². The summed E-state index contributed by atoms with van der Waals surface area (Å²) >= 11 is 0. The number of hydrogen-bond acceptors (Lipinski definition) is 9. The Balaban J connectivity index is 1.36. The molecule has 0 spiro atoms. The fourth-order valence-electron chi connectivity index (χ4n) is 4.76. The molecule has 38 heavy (non-hydrogen) atoms. The molecule has 0 bridgehead atoms. The highest BCUT2D eigenvalue weighted by Gasteiger charge is 2.31. The maximum Gasteiger partial charge on any atom is 0.320 e. The molecule has 200 valence electrons. The van der Waals surface area contributed by atoms with Gasteiger partial charge in [0.25, 0.3) is 5.91 Å². The van der Waals surface area contributed by atoms with Crippen molar-refractivity contribution in [3.8, 4) is 17.3 Å². The molecule has 2 aliphatic heterocycles. The van der Waals surface area contributed by atoms with Crippen molar-refractivity contribution in [2.24, 2.45) is 0 Å². The first kappa shape index (κ1) is 25.5.